The Hall–Kier alpha value is -2.87. The Morgan fingerprint density at radius 1 is 0.625 bits per heavy atom. The second-order valence-corrected chi connectivity index (χ2v) is 6.36. The van der Waals surface area contributed by atoms with E-state index in [0.29, 0.717) is 5.56 Å². The highest BCUT2D eigenvalue weighted by Crippen LogP contribution is 2.27. The summed E-state index contributed by atoms with van der Waals surface area (Å²) in [6.07, 6.45) is 2.55. The summed E-state index contributed by atoms with van der Waals surface area (Å²) in [4.78, 5) is 11.4. The van der Waals surface area contributed by atoms with Crippen LogP contribution in [-0.2, 0) is 19.3 Å². The Morgan fingerprint density at radius 2 is 1.04 bits per heavy atom. The second kappa shape index (κ2) is 5.97. The summed E-state index contributed by atoms with van der Waals surface area (Å²) in [7, 11) is 0. The molecule has 0 radical (unpaired) electrons. The third-order valence-electron chi connectivity index (χ3n) is 4.83. The van der Waals surface area contributed by atoms with Crippen LogP contribution in [0, 0.1) is 0 Å². The van der Waals surface area contributed by atoms with Crippen molar-refractivity contribution in [1.29, 1.82) is 0 Å². The number of rotatable bonds is 1. The normalized spacial score (nSPS) is 12.8. The molecule has 1 N–H and O–H groups in total. The highest BCUT2D eigenvalue weighted by molar-refractivity contribution is 5.88. The topological polar surface area (TPSA) is 37.3 Å². The largest absolute Gasteiger partial charge is 0.478 e. The van der Waals surface area contributed by atoms with Crippen LogP contribution in [0.1, 0.15) is 43.7 Å². The molecule has 0 aromatic heterocycles. The highest BCUT2D eigenvalue weighted by Gasteiger charge is 2.15. The first kappa shape index (κ1) is 14.7. The van der Waals surface area contributed by atoms with Crippen molar-refractivity contribution < 1.29 is 9.90 Å². The van der Waals surface area contributed by atoms with Crippen LogP contribution in [0.5, 0.6) is 0 Å². The number of carbonyl (C=O) groups is 1. The van der Waals surface area contributed by atoms with Crippen LogP contribution in [0.25, 0.3) is 0 Å². The van der Waals surface area contributed by atoms with Gasteiger partial charge in [-0.05, 0) is 64.8 Å². The number of benzene rings is 3. The molecule has 3 aromatic carbocycles. The van der Waals surface area contributed by atoms with Gasteiger partial charge in [-0.2, -0.15) is 0 Å². The van der Waals surface area contributed by atoms with Gasteiger partial charge in [-0.3, -0.25) is 0 Å². The van der Waals surface area contributed by atoms with E-state index in [1.165, 1.54) is 27.8 Å². The van der Waals surface area contributed by atoms with Gasteiger partial charge in [0.2, 0.25) is 0 Å². The molecule has 1 aliphatic rings. The van der Waals surface area contributed by atoms with Crippen molar-refractivity contribution in [1.82, 2.24) is 0 Å². The predicted octanol–water partition coefficient (Wildman–Crippen LogP) is 4.47. The molecule has 0 bridgehead atoms. The van der Waals surface area contributed by atoms with Crippen LogP contribution in [0.3, 0.4) is 0 Å². The summed E-state index contributed by atoms with van der Waals surface area (Å²) >= 11 is 0. The number of aromatic carboxylic acids is 1. The minimum atomic E-state index is -0.869. The van der Waals surface area contributed by atoms with Gasteiger partial charge < -0.3 is 5.11 Å². The molecule has 0 aliphatic heterocycles. The van der Waals surface area contributed by atoms with E-state index in [0.717, 1.165) is 24.8 Å². The van der Waals surface area contributed by atoms with Crippen molar-refractivity contribution >= 4 is 5.97 Å². The standard InChI is InChI=1S/C22H18O2/c23-22(24)20-10-9-19-12-17-7-2-1-5-15(17)11-16-6-3-4-8-18(16)13-21(19)14-20/h1-10,14H,11-13H2,(H,23,24). The van der Waals surface area contributed by atoms with Crippen molar-refractivity contribution in [2.45, 2.75) is 19.3 Å². The average Bonchev–Trinajstić information content (AvgIpc) is 2.65. The van der Waals surface area contributed by atoms with E-state index < -0.39 is 5.97 Å². The Balaban J connectivity index is 1.92. The van der Waals surface area contributed by atoms with E-state index in [1.54, 1.807) is 6.07 Å². The zero-order chi connectivity index (χ0) is 16.5. The summed E-state index contributed by atoms with van der Waals surface area (Å²) in [6, 6.07) is 22.5. The van der Waals surface area contributed by atoms with Crippen molar-refractivity contribution in [3.63, 3.8) is 0 Å². The number of carboxylic acids is 1. The zero-order valence-corrected chi connectivity index (χ0v) is 13.3. The van der Waals surface area contributed by atoms with Gasteiger partial charge in [0.25, 0.3) is 0 Å². The maximum absolute atomic E-state index is 11.4. The van der Waals surface area contributed by atoms with E-state index in [4.69, 9.17) is 0 Å². The fourth-order valence-corrected chi connectivity index (χ4v) is 3.52. The minimum Gasteiger partial charge on any atom is -0.478 e. The zero-order valence-electron chi connectivity index (χ0n) is 13.3. The van der Waals surface area contributed by atoms with Gasteiger partial charge in [0, 0.05) is 0 Å². The number of hydrogen-bond acceptors (Lipinski definition) is 1. The molecule has 0 heterocycles. The summed E-state index contributed by atoms with van der Waals surface area (Å²) in [5.74, 6) is -0.869. The van der Waals surface area contributed by atoms with Crippen LogP contribution < -0.4 is 0 Å². The van der Waals surface area contributed by atoms with Crippen LogP contribution in [0.15, 0.2) is 66.7 Å². The van der Waals surface area contributed by atoms with Crippen molar-refractivity contribution in [3.05, 3.63) is 106 Å². The monoisotopic (exact) mass is 314 g/mol. The summed E-state index contributed by atoms with van der Waals surface area (Å²) in [5, 5.41) is 9.32. The van der Waals surface area contributed by atoms with Crippen molar-refractivity contribution in [2.24, 2.45) is 0 Å². The van der Waals surface area contributed by atoms with E-state index in [2.05, 4.69) is 48.5 Å². The number of hydrogen-bond donors (Lipinski definition) is 1. The molecule has 24 heavy (non-hydrogen) atoms. The Kier molecular flexibility index (Phi) is 3.66. The van der Waals surface area contributed by atoms with Gasteiger partial charge in [0.05, 0.1) is 5.56 Å². The van der Waals surface area contributed by atoms with E-state index in [-0.39, 0.29) is 0 Å². The van der Waals surface area contributed by atoms with Gasteiger partial charge in [-0.15, -0.1) is 0 Å². The molecule has 4 rings (SSSR count). The molecule has 0 amide bonds. The molecule has 2 nitrogen and oxygen atoms in total. The lowest BCUT2D eigenvalue weighted by molar-refractivity contribution is 0.0696. The maximum atomic E-state index is 11.4. The summed E-state index contributed by atoms with van der Waals surface area (Å²) in [6.45, 7) is 0. The minimum absolute atomic E-state index is 0.360. The number of carboxylic acid groups (broad SMARTS) is 1. The molecule has 1 aliphatic carbocycles. The maximum Gasteiger partial charge on any atom is 0.335 e. The second-order valence-electron chi connectivity index (χ2n) is 6.36. The first-order valence-corrected chi connectivity index (χ1v) is 8.19. The van der Waals surface area contributed by atoms with Gasteiger partial charge in [0.1, 0.15) is 0 Å². The molecular weight excluding hydrogens is 296 g/mol. The Morgan fingerprint density at radius 3 is 1.50 bits per heavy atom. The number of fused-ring (bicyclic) bond motifs is 3. The SMILES string of the molecule is O=C(O)c1ccc2c(c1)Cc1ccccc1Cc1ccccc1C2. The predicted molar refractivity (Wildman–Crippen MR) is 94.7 cm³/mol. The smallest absolute Gasteiger partial charge is 0.335 e. The molecule has 2 heteroatoms. The lowest BCUT2D eigenvalue weighted by Crippen LogP contribution is -2.02. The Labute approximate surface area is 141 Å². The van der Waals surface area contributed by atoms with Gasteiger partial charge in [-0.1, -0.05) is 54.6 Å². The van der Waals surface area contributed by atoms with Crippen LogP contribution in [0.4, 0.5) is 0 Å². The molecule has 118 valence electrons. The van der Waals surface area contributed by atoms with E-state index >= 15 is 0 Å². The molecule has 0 saturated carbocycles. The molecule has 0 fully saturated rings. The van der Waals surface area contributed by atoms with Crippen LogP contribution in [0.2, 0.25) is 0 Å². The quantitative estimate of drug-likeness (QED) is 0.563. The first-order chi connectivity index (χ1) is 11.7. The molecule has 0 unspecified atom stereocenters. The lowest BCUT2D eigenvalue weighted by Gasteiger charge is -2.11. The average molecular weight is 314 g/mol. The molecule has 3 aromatic rings. The Bertz CT molecular complexity index is 919. The molecule has 0 spiro atoms. The molecule has 0 atom stereocenters. The molecule has 0 saturated heterocycles. The molecular formula is C22H18O2. The van der Waals surface area contributed by atoms with E-state index in [1.807, 2.05) is 12.1 Å². The fraction of sp³-hybridized carbons (Fsp3) is 0.136. The van der Waals surface area contributed by atoms with E-state index in [9.17, 15) is 9.90 Å². The first-order valence-electron chi connectivity index (χ1n) is 8.19. The lowest BCUT2D eigenvalue weighted by atomic mass is 9.93. The van der Waals surface area contributed by atoms with Crippen molar-refractivity contribution in [2.75, 3.05) is 0 Å². The summed E-state index contributed by atoms with van der Waals surface area (Å²) < 4.78 is 0. The third kappa shape index (κ3) is 2.71. The van der Waals surface area contributed by atoms with Gasteiger partial charge in [0.15, 0.2) is 0 Å². The summed E-state index contributed by atoms with van der Waals surface area (Å²) in [5.41, 5.74) is 7.94. The van der Waals surface area contributed by atoms with Crippen LogP contribution in [-0.4, -0.2) is 11.1 Å². The fourth-order valence-electron chi connectivity index (χ4n) is 3.52. The van der Waals surface area contributed by atoms with Gasteiger partial charge >= 0.3 is 5.97 Å². The van der Waals surface area contributed by atoms with Crippen molar-refractivity contribution in [3.8, 4) is 0 Å². The highest BCUT2D eigenvalue weighted by atomic mass is 16.4. The van der Waals surface area contributed by atoms with Gasteiger partial charge in [-0.25, -0.2) is 4.79 Å². The third-order valence-corrected chi connectivity index (χ3v) is 4.83. The van der Waals surface area contributed by atoms with Crippen LogP contribution >= 0.6 is 0 Å².